The Balaban J connectivity index is 1.93. The summed E-state index contributed by atoms with van der Waals surface area (Å²) < 4.78 is 0.633. The SMILES string of the molecule is O=C1N/C(=C/c2ccc(Cl)s2)C(=O)N1c1ccccc1. The summed E-state index contributed by atoms with van der Waals surface area (Å²) in [4.78, 5) is 26.1. The molecular formula is C14H9ClN2O2S. The van der Waals surface area contributed by atoms with Crippen molar-refractivity contribution in [3.63, 3.8) is 0 Å². The molecule has 4 nitrogen and oxygen atoms in total. The van der Waals surface area contributed by atoms with Crippen LogP contribution in [0.25, 0.3) is 6.08 Å². The largest absolute Gasteiger partial charge is 0.333 e. The molecule has 3 rings (SSSR count). The molecule has 0 radical (unpaired) electrons. The van der Waals surface area contributed by atoms with Gasteiger partial charge in [0.2, 0.25) is 0 Å². The number of nitrogens with zero attached hydrogens (tertiary/aromatic N) is 1. The van der Waals surface area contributed by atoms with E-state index >= 15 is 0 Å². The maximum atomic E-state index is 12.3. The van der Waals surface area contributed by atoms with Gasteiger partial charge >= 0.3 is 6.03 Å². The highest BCUT2D eigenvalue weighted by Gasteiger charge is 2.34. The van der Waals surface area contributed by atoms with Gasteiger partial charge in [-0.3, -0.25) is 4.79 Å². The number of hydrogen-bond donors (Lipinski definition) is 1. The van der Waals surface area contributed by atoms with E-state index in [0.717, 1.165) is 9.78 Å². The van der Waals surface area contributed by atoms with Crippen LogP contribution in [0.15, 0.2) is 48.2 Å². The molecule has 6 heteroatoms. The number of para-hydroxylation sites is 1. The van der Waals surface area contributed by atoms with Gasteiger partial charge in [-0.05, 0) is 30.3 Å². The molecule has 0 bridgehead atoms. The molecule has 1 fully saturated rings. The maximum Gasteiger partial charge on any atom is 0.333 e. The molecule has 20 heavy (non-hydrogen) atoms. The predicted octanol–water partition coefficient (Wildman–Crippen LogP) is 3.50. The minimum atomic E-state index is -0.449. The lowest BCUT2D eigenvalue weighted by Crippen LogP contribution is -2.30. The van der Waals surface area contributed by atoms with Gasteiger partial charge in [-0.2, -0.15) is 0 Å². The summed E-state index contributed by atoms with van der Waals surface area (Å²) in [6, 6.07) is 11.9. The van der Waals surface area contributed by atoms with Crippen LogP contribution in [0.2, 0.25) is 4.34 Å². The van der Waals surface area contributed by atoms with Crippen LogP contribution in [-0.2, 0) is 4.79 Å². The minimum Gasteiger partial charge on any atom is -0.302 e. The van der Waals surface area contributed by atoms with Crippen molar-refractivity contribution in [2.24, 2.45) is 0 Å². The van der Waals surface area contributed by atoms with E-state index in [1.54, 1.807) is 42.5 Å². The lowest BCUT2D eigenvalue weighted by atomic mass is 10.3. The fourth-order valence-corrected chi connectivity index (χ4v) is 2.90. The van der Waals surface area contributed by atoms with Gasteiger partial charge in [0, 0.05) is 4.88 Å². The van der Waals surface area contributed by atoms with Crippen LogP contribution in [-0.4, -0.2) is 11.9 Å². The molecule has 2 heterocycles. The Morgan fingerprint density at radius 1 is 1.10 bits per heavy atom. The van der Waals surface area contributed by atoms with E-state index in [9.17, 15) is 9.59 Å². The van der Waals surface area contributed by atoms with E-state index in [0.29, 0.717) is 10.0 Å². The number of nitrogens with one attached hydrogen (secondary N) is 1. The smallest absolute Gasteiger partial charge is 0.302 e. The Morgan fingerprint density at radius 3 is 2.50 bits per heavy atom. The summed E-state index contributed by atoms with van der Waals surface area (Å²) in [6.45, 7) is 0. The lowest BCUT2D eigenvalue weighted by Gasteiger charge is -2.10. The van der Waals surface area contributed by atoms with Gasteiger partial charge in [0.15, 0.2) is 0 Å². The highest BCUT2D eigenvalue weighted by atomic mass is 35.5. The Bertz CT molecular complexity index is 709. The first kappa shape index (κ1) is 12.9. The first-order chi connectivity index (χ1) is 9.65. The van der Waals surface area contributed by atoms with Gasteiger partial charge in [0.05, 0.1) is 10.0 Å². The van der Waals surface area contributed by atoms with Crippen molar-refractivity contribution in [1.82, 2.24) is 5.32 Å². The van der Waals surface area contributed by atoms with Crippen LogP contribution in [0, 0.1) is 0 Å². The molecule has 0 saturated carbocycles. The average Bonchev–Trinajstić information content (AvgIpc) is 2.96. The molecule has 0 aliphatic carbocycles. The number of benzene rings is 1. The van der Waals surface area contributed by atoms with Crippen LogP contribution in [0.5, 0.6) is 0 Å². The number of imide groups is 1. The fourth-order valence-electron chi connectivity index (χ4n) is 1.89. The second-order valence-corrected chi connectivity index (χ2v) is 5.85. The third-order valence-corrected chi connectivity index (χ3v) is 3.95. The highest BCUT2D eigenvalue weighted by molar-refractivity contribution is 7.17. The molecule has 1 aliphatic heterocycles. The van der Waals surface area contributed by atoms with Gasteiger partial charge in [-0.25, -0.2) is 9.69 Å². The number of urea groups is 1. The Labute approximate surface area is 124 Å². The minimum absolute atomic E-state index is 0.248. The monoisotopic (exact) mass is 304 g/mol. The van der Waals surface area contributed by atoms with E-state index in [2.05, 4.69) is 5.32 Å². The number of rotatable bonds is 2. The Kier molecular flexibility index (Phi) is 3.30. The number of halogens is 1. The molecule has 3 amide bonds. The quantitative estimate of drug-likeness (QED) is 0.682. The second-order valence-electron chi connectivity index (χ2n) is 4.11. The number of amides is 3. The van der Waals surface area contributed by atoms with Crippen LogP contribution in [0.3, 0.4) is 0 Å². The van der Waals surface area contributed by atoms with Gasteiger partial charge in [0.25, 0.3) is 5.91 Å². The van der Waals surface area contributed by atoms with Crippen LogP contribution in [0.1, 0.15) is 4.88 Å². The third kappa shape index (κ3) is 2.33. The zero-order chi connectivity index (χ0) is 14.1. The second kappa shape index (κ2) is 5.11. The van der Waals surface area contributed by atoms with Crippen molar-refractivity contribution in [2.45, 2.75) is 0 Å². The number of hydrogen-bond acceptors (Lipinski definition) is 3. The Hall–Kier alpha value is -2.11. The molecule has 1 aliphatic rings. The summed E-state index contributed by atoms with van der Waals surface area (Å²) in [6.07, 6.45) is 1.62. The first-order valence-electron chi connectivity index (χ1n) is 5.83. The fraction of sp³-hybridized carbons (Fsp3) is 0. The van der Waals surface area contributed by atoms with Crippen molar-refractivity contribution in [1.29, 1.82) is 0 Å². The predicted molar refractivity (Wildman–Crippen MR) is 79.8 cm³/mol. The molecule has 0 unspecified atom stereocenters. The number of anilines is 1. The normalized spacial score (nSPS) is 16.9. The number of carbonyl (C=O) groups excluding carboxylic acids is 2. The molecule has 0 spiro atoms. The van der Waals surface area contributed by atoms with E-state index in [1.165, 1.54) is 11.3 Å². The van der Waals surface area contributed by atoms with E-state index in [1.807, 2.05) is 6.07 Å². The summed E-state index contributed by atoms with van der Waals surface area (Å²) in [5, 5.41) is 2.57. The average molecular weight is 305 g/mol. The molecular weight excluding hydrogens is 296 g/mol. The van der Waals surface area contributed by atoms with Crippen LogP contribution >= 0.6 is 22.9 Å². The molecule has 1 saturated heterocycles. The zero-order valence-corrected chi connectivity index (χ0v) is 11.7. The lowest BCUT2D eigenvalue weighted by molar-refractivity contribution is -0.113. The zero-order valence-electron chi connectivity index (χ0n) is 10.2. The number of thiophene rings is 1. The van der Waals surface area contributed by atoms with Crippen molar-refractivity contribution >= 4 is 46.6 Å². The molecule has 1 N–H and O–H groups in total. The van der Waals surface area contributed by atoms with E-state index in [-0.39, 0.29) is 11.6 Å². The highest BCUT2D eigenvalue weighted by Crippen LogP contribution is 2.26. The van der Waals surface area contributed by atoms with Gasteiger partial charge in [-0.15, -0.1) is 11.3 Å². The Morgan fingerprint density at radius 2 is 1.85 bits per heavy atom. The van der Waals surface area contributed by atoms with E-state index in [4.69, 9.17) is 11.6 Å². The summed E-state index contributed by atoms with van der Waals surface area (Å²) in [5.74, 6) is -0.370. The van der Waals surface area contributed by atoms with Crippen LogP contribution in [0.4, 0.5) is 10.5 Å². The topological polar surface area (TPSA) is 49.4 Å². The van der Waals surface area contributed by atoms with Gasteiger partial charge in [0.1, 0.15) is 5.70 Å². The number of carbonyl (C=O) groups is 2. The van der Waals surface area contributed by atoms with Crippen molar-refractivity contribution < 1.29 is 9.59 Å². The summed E-state index contributed by atoms with van der Waals surface area (Å²) in [5.41, 5.74) is 0.792. The standard InChI is InChI=1S/C14H9ClN2O2S/c15-12-7-6-10(20-12)8-11-13(18)17(14(19)16-11)9-4-2-1-3-5-9/h1-8H,(H,16,19)/b11-8+. The third-order valence-electron chi connectivity index (χ3n) is 2.77. The summed E-state index contributed by atoms with van der Waals surface area (Å²) >= 11 is 7.18. The van der Waals surface area contributed by atoms with Crippen LogP contribution < -0.4 is 10.2 Å². The first-order valence-corrected chi connectivity index (χ1v) is 7.02. The van der Waals surface area contributed by atoms with Gasteiger partial charge < -0.3 is 5.32 Å². The van der Waals surface area contributed by atoms with Crippen molar-refractivity contribution in [3.05, 3.63) is 57.4 Å². The maximum absolute atomic E-state index is 12.3. The van der Waals surface area contributed by atoms with Gasteiger partial charge in [-0.1, -0.05) is 29.8 Å². The molecule has 0 atom stereocenters. The molecule has 1 aromatic heterocycles. The van der Waals surface area contributed by atoms with Crippen molar-refractivity contribution in [3.8, 4) is 0 Å². The van der Waals surface area contributed by atoms with E-state index < -0.39 is 6.03 Å². The molecule has 1 aromatic carbocycles. The summed E-state index contributed by atoms with van der Waals surface area (Å²) in [7, 11) is 0. The van der Waals surface area contributed by atoms with Crippen molar-refractivity contribution in [2.75, 3.05) is 4.90 Å². The molecule has 100 valence electrons. The molecule has 2 aromatic rings.